The van der Waals surface area contributed by atoms with Gasteiger partial charge in [-0.25, -0.2) is 4.79 Å². The van der Waals surface area contributed by atoms with Crippen molar-refractivity contribution in [1.82, 2.24) is 5.32 Å². The summed E-state index contributed by atoms with van der Waals surface area (Å²) >= 11 is 1.30. The van der Waals surface area contributed by atoms with E-state index in [1.807, 2.05) is 31.1 Å². The lowest BCUT2D eigenvalue weighted by molar-refractivity contribution is -0.139. The van der Waals surface area contributed by atoms with Gasteiger partial charge in [-0.15, -0.1) is 11.3 Å². The normalized spacial score (nSPS) is 11.7. The largest absolute Gasteiger partial charge is 0.479 e. The number of carbonyl (C=O) groups excluding carboxylic acids is 1. The van der Waals surface area contributed by atoms with E-state index in [0.717, 1.165) is 5.69 Å². The van der Waals surface area contributed by atoms with E-state index in [1.165, 1.54) is 11.3 Å². The highest BCUT2D eigenvalue weighted by atomic mass is 32.1. The number of carbonyl (C=O) groups is 2. The molecule has 0 saturated heterocycles. The molecule has 1 heterocycles. The molecule has 2 rings (SSSR count). The van der Waals surface area contributed by atoms with E-state index in [4.69, 9.17) is 0 Å². The van der Waals surface area contributed by atoms with Gasteiger partial charge < -0.3 is 15.3 Å². The number of thiophene rings is 1. The summed E-state index contributed by atoms with van der Waals surface area (Å²) in [6, 6.07) is 9.42. The van der Waals surface area contributed by atoms with E-state index in [0.29, 0.717) is 10.4 Å². The first kappa shape index (κ1) is 15.1. The van der Waals surface area contributed by atoms with Crippen LogP contribution in [0.3, 0.4) is 0 Å². The highest BCUT2D eigenvalue weighted by Gasteiger charge is 2.23. The number of amides is 1. The van der Waals surface area contributed by atoms with E-state index in [9.17, 15) is 14.7 Å². The SMILES string of the molecule is CN(C)c1ccc(C(=O)NC(C(=O)O)c2cccs2)cc1. The molecule has 0 aliphatic rings. The fourth-order valence-electron chi connectivity index (χ4n) is 1.84. The molecule has 2 N–H and O–H groups in total. The molecule has 0 radical (unpaired) electrons. The average Bonchev–Trinajstić information content (AvgIpc) is 2.98. The van der Waals surface area contributed by atoms with Crippen LogP contribution < -0.4 is 10.2 Å². The predicted molar refractivity (Wildman–Crippen MR) is 82.9 cm³/mol. The van der Waals surface area contributed by atoms with Crippen molar-refractivity contribution in [2.24, 2.45) is 0 Å². The van der Waals surface area contributed by atoms with Crippen LogP contribution in [0.4, 0.5) is 5.69 Å². The van der Waals surface area contributed by atoms with Crippen molar-refractivity contribution in [2.45, 2.75) is 6.04 Å². The van der Waals surface area contributed by atoms with Gasteiger partial charge in [-0.2, -0.15) is 0 Å². The van der Waals surface area contributed by atoms with E-state index in [-0.39, 0.29) is 0 Å². The number of hydrogen-bond acceptors (Lipinski definition) is 4. The monoisotopic (exact) mass is 304 g/mol. The molecule has 2 aromatic rings. The molecule has 21 heavy (non-hydrogen) atoms. The second kappa shape index (κ2) is 6.41. The molecule has 0 spiro atoms. The van der Waals surface area contributed by atoms with Gasteiger partial charge in [0.2, 0.25) is 0 Å². The van der Waals surface area contributed by atoms with Crippen molar-refractivity contribution < 1.29 is 14.7 Å². The van der Waals surface area contributed by atoms with Crippen LogP contribution in [0.2, 0.25) is 0 Å². The smallest absolute Gasteiger partial charge is 0.331 e. The first-order valence-electron chi connectivity index (χ1n) is 6.33. The predicted octanol–water partition coefficient (Wildman–Crippen LogP) is 2.37. The van der Waals surface area contributed by atoms with Gasteiger partial charge >= 0.3 is 5.97 Å². The van der Waals surface area contributed by atoms with Crippen LogP contribution in [0.25, 0.3) is 0 Å². The van der Waals surface area contributed by atoms with Gasteiger partial charge in [0.15, 0.2) is 6.04 Å². The molecule has 0 aliphatic heterocycles. The van der Waals surface area contributed by atoms with E-state index in [1.54, 1.807) is 29.6 Å². The van der Waals surface area contributed by atoms with Crippen LogP contribution in [-0.4, -0.2) is 31.1 Å². The van der Waals surface area contributed by atoms with Gasteiger partial charge in [-0.1, -0.05) is 6.07 Å². The van der Waals surface area contributed by atoms with Gasteiger partial charge in [0.1, 0.15) is 0 Å². The lowest BCUT2D eigenvalue weighted by Crippen LogP contribution is -2.33. The van der Waals surface area contributed by atoms with Crippen molar-refractivity contribution in [1.29, 1.82) is 0 Å². The Labute approximate surface area is 126 Å². The Hall–Kier alpha value is -2.34. The van der Waals surface area contributed by atoms with Crippen LogP contribution in [0.5, 0.6) is 0 Å². The lowest BCUT2D eigenvalue weighted by atomic mass is 10.1. The summed E-state index contributed by atoms with van der Waals surface area (Å²) in [6.45, 7) is 0. The minimum absolute atomic E-state index is 0.402. The van der Waals surface area contributed by atoms with Crippen LogP contribution in [0.15, 0.2) is 41.8 Å². The summed E-state index contributed by atoms with van der Waals surface area (Å²) < 4.78 is 0. The minimum atomic E-state index is -1.07. The highest BCUT2D eigenvalue weighted by molar-refractivity contribution is 7.10. The molecule has 0 aliphatic carbocycles. The Morgan fingerprint density at radius 3 is 2.33 bits per heavy atom. The number of aliphatic carboxylic acids is 1. The maximum Gasteiger partial charge on any atom is 0.331 e. The third kappa shape index (κ3) is 3.61. The highest BCUT2D eigenvalue weighted by Crippen LogP contribution is 2.20. The summed E-state index contributed by atoms with van der Waals surface area (Å²) in [4.78, 5) is 26.0. The van der Waals surface area contributed by atoms with Crippen LogP contribution >= 0.6 is 11.3 Å². The van der Waals surface area contributed by atoms with Crippen LogP contribution in [0.1, 0.15) is 21.3 Å². The Balaban J connectivity index is 2.14. The molecule has 0 saturated carbocycles. The summed E-state index contributed by atoms with van der Waals surface area (Å²) in [7, 11) is 3.82. The number of carboxylic acid groups (broad SMARTS) is 1. The molecule has 1 amide bonds. The van der Waals surface area contributed by atoms with Gasteiger partial charge in [-0.05, 0) is 35.7 Å². The van der Waals surface area contributed by atoms with E-state index in [2.05, 4.69) is 5.32 Å². The third-order valence-corrected chi connectivity index (χ3v) is 3.93. The van der Waals surface area contributed by atoms with Crippen molar-refractivity contribution in [3.8, 4) is 0 Å². The number of anilines is 1. The molecule has 1 unspecified atom stereocenters. The van der Waals surface area contributed by atoms with Gasteiger partial charge in [0, 0.05) is 30.2 Å². The topological polar surface area (TPSA) is 69.6 Å². The fourth-order valence-corrected chi connectivity index (χ4v) is 2.60. The minimum Gasteiger partial charge on any atom is -0.479 e. The standard InChI is InChI=1S/C15H16N2O3S/c1-17(2)11-7-5-10(6-8-11)14(18)16-13(15(19)20)12-4-3-9-21-12/h3-9,13H,1-2H3,(H,16,18)(H,19,20). The summed E-state index contributed by atoms with van der Waals surface area (Å²) in [6.07, 6.45) is 0. The Morgan fingerprint density at radius 2 is 1.86 bits per heavy atom. The van der Waals surface area contributed by atoms with Gasteiger partial charge in [-0.3, -0.25) is 4.79 Å². The van der Waals surface area contributed by atoms with Gasteiger partial charge in [0.25, 0.3) is 5.91 Å². The molecule has 1 atom stereocenters. The number of nitrogens with zero attached hydrogens (tertiary/aromatic N) is 1. The quantitative estimate of drug-likeness (QED) is 0.890. The fraction of sp³-hybridized carbons (Fsp3) is 0.200. The second-order valence-electron chi connectivity index (χ2n) is 4.70. The number of nitrogens with one attached hydrogen (secondary N) is 1. The zero-order chi connectivity index (χ0) is 15.4. The van der Waals surface area contributed by atoms with Gasteiger partial charge in [0.05, 0.1) is 0 Å². The zero-order valence-electron chi connectivity index (χ0n) is 11.7. The maximum absolute atomic E-state index is 12.2. The number of benzene rings is 1. The molecule has 0 bridgehead atoms. The Bertz CT molecular complexity index is 621. The summed E-state index contributed by atoms with van der Waals surface area (Å²) in [5.41, 5.74) is 1.41. The lowest BCUT2D eigenvalue weighted by Gasteiger charge is -2.15. The van der Waals surface area contributed by atoms with Crippen molar-refractivity contribution in [2.75, 3.05) is 19.0 Å². The number of rotatable bonds is 5. The molecule has 1 aromatic carbocycles. The average molecular weight is 304 g/mol. The van der Waals surface area contributed by atoms with E-state index < -0.39 is 17.9 Å². The second-order valence-corrected chi connectivity index (χ2v) is 5.68. The molecular weight excluding hydrogens is 288 g/mol. The van der Waals surface area contributed by atoms with Crippen LogP contribution in [-0.2, 0) is 4.79 Å². The molecule has 110 valence electrons. The molecular formula is C15H16N2O3S. The molecule has 1 aromatic heterocycles. The zero-order valence-corrected chi connectivity index (χ0v) is 12.6. The third-order valence-electron chi connectivity index (χ3n) is 3.00. The summed E-state index contributed by atoms with van der Waals surface area (Å²) in [5.74, 6) is -1.48. The van der Waals surface area contributed by atoms with Crippen molar-refractivity contribution in [3.63, 3.8) is 0 Å². The van der Waals surface area contributed by atoms with Crippen molar-refractivity contribution in [3.05, 3.63) is 52.2 Å². The van der Waals surface area contributed by atoms with Crippen molar-refractivity contribution >= 4 is 28.9 Å². The maximum atomic E-state index is 12.2. The summed E-state index contributed by atoms with van der Waals surface area (Å²) in [5, 5.41) is 13.6. The molecule has 5 nitrogen and oxygen atoms in total. The van der Waals surface area contributed by atoms with E-state index >= 15 is 0 Å². The Kier molecular flexibility index (Phi) is 4.59. The number of carboxylic acids is 1. The first-order valence-corrected chi connectivity index (χ1v) is 7.21. The molecule has 0 fully saturated rings. The Morgan fingerprint density at radius 1 is 1.19 bits per heavy atom. The molecule has 6 heteroatoms. The van der Waals surface area contributed by atoms with Crippen LogP contribution in [0, 0.1) is 0 Å². The number of hydrogen-bond donors (Lipinski definition) is 2. The first-order chi connectivity index (χ1) is 9.99.